The lowest BCUT2D eigenvalue weighted by atomic mass is 9.97. The van der Waals surface area contributed by atoms with Crippen molar-refractivity contribution in [3.63, 3.8) is 0 Å². The summed E-state index contributed by atoms with van der Waals surface area (Å²) in [6, 6.07) is 16.0. The van der Waals surface area contributed by atoms with E-state index in [0.29, 0.717) is 0 Å². The zero-order valence-corrected chi connectivity index (χ0v) is 19.0. The van der Waals surface area contributed by atoms with E-state index in [1.165, 1.54) is 0 Å². The van der Waals surface area contributed by atoms with Gasteiger partial charge < -0.3 is 20.5 Å². The maximum absolute atomic E-state index is 12.8. The first-order valence-electron chi connectivity index (χ1n) is 11.4. The van der Waals surface area contributed by atoms with Crippen LogP contribution in [0.4, 0.5) is 4.79 Å². The average molecular weight is 451 g/mol. The van der Waals surface area contributed by atoms with Crippen LogP contribution in [-0.2, 0) is 14.3 Å². The summed E-state index contributed by atoms with van der Waals surface area (Å²) in [5.41, 5.74) is 3.34. The van der Waals surface area contributed by atoms with Gasteiger partial charge in [-0.3, -0.25) is 9.59 Å². The number of amides is 2. The molecule has 0 radical (unpaired) electrons. The summed E-state index contributed by atoms with van der Waals surface area (Å²) < 4.78 is 5.56. The SMILES string of the molecule is CC(C)(NC(=O)OCC1c2ccccc2-c2ccccc21)C(=O)N[C@@H]1CCC[C@H]1CC(=O)O. The van der Waals surface area contributed by atoms with E-state index in [4.69, 9.17) is 9.84 Å². The molecule has 0 spiro atoms. The Morgan fingerprint density at radius 1 is 1.00 bits per heavy atom. The number of hydrogen-bond acceptors (Lipinski definition) is 4. The minimum absolute atomic E-state index is 0.0329. The van der Waals surface area contributed by atoms with Crippen molar-refractivity contribution in [1.29, 1.82) is 0 Å². The van der Waals surface area contributed by atoms with E-state index in [9.17, 15) is 14.4 Å². The van der Waals surface area contributed by atoms with Crippen LogP contribution in [0.25, 0.3) is 11.1 Å². The van der Waals surface area contributed by atoms with E-state index >= 15 is 0 Å². The first kappa shape index (κ1) is 22.8. The highest BCUT2D eigenvalue weighted by atomic mass is 16.5. The second-order valence-electron chi connectivity index (χ2n) is 9.44. The van der Waals surface area contributed by atoms with Crippen LogP contribution in [-0.4, -0.2) is 41.3 Å². The highest BCUT2D eigenvalue weighted by molar-refractivity contribution is 5.89. The van der Waals surface area contributed by atoms with Crippen molar-refractivity contribution >= 4 is 18.0 Å². The highest BCUT2D eigenvalue weighted by Crippen LogP contribution is 2.44. The molecule has 2 aliphatic carbocycles. The van der Waals surface area contributed by atoms with Crippen LogP contribution in [0.2, 0.25) is 0 Å². The number of alkyl carbamates (subject to hydrolysis) is 1. The summed E-state index contributed by atoms with van der Waals surface area (Å²) in [7, 11) is 0. The van der Waals surface area contributed by atoms with Gasteiger partial charge in [0, 0.05) is 12.0 Å². The number of nitrogens with one attached hydrogen (secondary N) is 2. The molecule has 4 rings (SSSR count). The molecule has 0 saturated heterocycles. The number of rotatable bonds is 7. The van der Waals surface area contributed by atoms with E-state index in [-0.39, 0.29) is 36.8 Å². The van der Waals surface area contributed by atoms with Crippen molar-refractivity contribution < 1.29 is 24.2 Å². The summed E-state index contributed by atoms with van der Waals surface area (Å²) in [6.45, 7) is 3.40. The zero-order valence-electron chi connectivity index (χ0n) is 19.0. The summed E-state index contributed by atoms with van der Waals surface area (Å²) in [5.74, 6) is -1.36. The number of benzene rings is 2. The van der Waals surface area contributed by atoms with Crippen LogP contribution in [0.1, 0.15) is 56.6 Å². The topological polar surface area (TPSA) is 105 Å². The number of carbonyl (C=O) groups is 3. The molecule has 7 heteroatoms. The number of carbonyl (C=O) groups excluding carboxylic acids is 2. The molecule has 1 saturated carbocycles. The zero-order chi connectivity index (χ0) is 23.6. The van der Waals surface area contributed by atoms with Gasteiger partial charge in [0.15, 0.2) is 0 Å². The van der Waals surface area contributed by atoms with Gasteiger partial charge in [0.05, 0.1) is 6.42 Å². The fourth-order valence-electron chi connectivity index (χ4n) is 4.99. The molecule has 33 heavy (non-hydrogen) atoms. The Bertz CT molecular complexity index is 1020. The quantitative estimate of drug-likeness (QED) is 0.590. The number of ether oxygens (including phenoxy) is 1. The predicted molar refractivity (Wildman–Crippen MR) is 124 cm³/mol. The smallest absolute Gasteiger partial charge is 0.408 e. The normalized spacial score (nSPS) is 19.5. The molecule has 0 aliphatic heterocycles. The molecule has 2 atom stereocenters. The second kappa shape index (κ2) is 9.25. The summed E-state index contributed by atoms with van der Waals surface area (Å²) in [6.07, 6.45) is 1.77. The molecule has 3 N–H and O–H groups in total. The summed E-state index contributed by atoms with van der Waals surface area (Å²) in [4.78, 5) is 36.5. The van der Waals surface area contributed by atoms with Crippen molar-refractivity contribution in [3.05, 3.63) is 59.7 Å². The molecular formula is C26H30N2O5. The standard InChI is InChI=1S/C26H30N2O5/c1-26(2,24(31)27-22-13-7-8-16(22)14-23(29)30)28-25(32)33-15-21-19-11-5-3-9-17(19)18-10-4-6-12-20(18)21/h3-6,9-12,16,21-22H,7-8,13-15H2,1-2H3,(H,27,31)(H,28,32)(H,29,30)/t16-,22+/m0/s1. The number of fused-ring (bicyclic) bond motifs is 3. The van der Waals surface area contributed by atoms with Gasteiger partial charge in [-0.05, 0) is 54.9 Å². The number of carboxylic acids is 1. The third-order valence-electron chi connectivity index (χ3n) is 6.74. The lowest BCUT2D eigenvalue weighted by Crippen LogP contribution is -2.57. The Hall–Kier alpha value is -3.35. The molecule has 2 aliphatic rings. The fourth-order valence-corrected chi connectivity index (χ4v) is 4.99. The first-order valence-corrected chi connectivity index (χ1v) is 11.4. The molecule has 2 aromatic carbocycles. The maximum Gasteiger partial charge on any atom is 0.408 e. The van der Waals surface area contributed by atoms with Crippen LogP contribution in [0, 0.1) is 5.92 Å². The van der Waals surface area contributed by atoms with Gasteiger partial charge in [-0.1, -0.05) is 55.0 Å². The third kappa shape index (κ3) is 4.87. The fraction of sp³-hybridized carbons (Fsp3) is 0.423. The summed E-state index contributed by atoms with van der Waals surface area (Å²) >= 11 is 0. The van der Waals surface area contributed by atoms with Gasteiger partial charge in [0.2, 0.25) is 5.91 Å². The van der Waals surface area contributed by atoms with Crippen LogP contribution in [0.5, 0.6) is 0 Å². The van der Waals surface area contributed by atoms with Crippen molar-refractivity contribution in [2.45, 2.75) is 57.0 Å². The van der Waals surface area contributed by atoms with E-state index < -0.39 is 17.6 Å². The lowest BCUT2D eigenvalue weighted by Gasteiger charge is -2.28. The number of aliphatic carboxylic acids is 1. The molecule has 0 aromatic heterocycles. The number of carboxylic acid groups (broad SMARTS) is 1. The third-order valence-corrected chi connectivity index (χ3v) is 6.74. The van der Waals surface area contributed by atoms with E-state index in [1.807, 2.05) is 36.4 Å². The molecule has 7 nitrogen and oxygen atoms in total. The summed E-state index contributed by atoms with van der Waals surface area (Å²) in [5, 5.41) is 14.7. The minimum Gasteiger partial charge on any atom is -0.481 e. The van der Waals surface area contributed by atoms with Gasteiger partial charge in [0.1, 0.15) is 12.1 Å². The van der Waals surface area contributed by atoms with Crippen molar-refractivity contribution in [2.75, 3.05) is 6.61 Å². The largest absolute Gasteiger partial charge is 0.481 e. The van der Waals surface area contributed by atoms with Crippen molar-refractivity contribution in [2.24, 2.45) is 5.92 Å². The minimum atomic E-state index is -1.20. The Balaban J connectivity index is 1.36. The average Bonchev–Trinajstić information content (AvgIpc) is 3.33. The van der Waals surface area contributed by atoms with Crippen molar-refractivity contribution in [1.82, 2.24) is 10.6 Å². The molecule has 0 bridgehead atoms. The van der Waals surface area contributed by atoms with E-state index in [0.717, 1.165) is 41.5 Å². The monoisotopic (exact) mass is 450 g/mol. The molecule has 1 fully saturated rings. The first-order chi connectivity index (χ1) is 15.8. The van der Waals surface area contributed by atoms with E-state index in [1.54, 1.807) is 13.8 Å². The number of hydrogen-bond donors (Lipinski definition) is 3. The molecule has 2 amide bonds. The Kier molecular flexibility index (Phi) is 6.40. The predicted octanol–water partition coefficient (Wildman–Crippen LogP) is 4.06. The Morgan fingerprint density at radius 2 is 1.61 bits per heavy atom. The van der Waals surface area contributed by atoms with Crippen molar-refractivity contribution in [3.8, 4) is 11.1 Å². The molecule has 174 valence electrons. The second-order valence-corrected chi connectivity index (χ2v) is 9.44. The van der Waals surface area contributed by atoms with Gasteiger partial charge in [-0.2, -0.15) is 0 Å². The van der Waals surface area contributed by atoms with Gasteiger partial charge >= 0.3 is 12.1 Å². The molecule has 0 unspecified atom stereocenters. The van der Waals surface area contributed by atoms with Crippen LogP contribution in [0.3, 0.4) is 0 Å². The van der Waals surface area contributed by atoms with Gasteiger partial charge in [0.25, 0.3) is 0 Å². The van der Waals surface area contributed by atoms with E-state index in [2.05, 4.69) is 22.8 Å². The Labute approximate surface area is 193 Å². The molecule has 0 heterocycles. The Morgan fingerprint density at radius 3 is 2.21 bits per heavy atom. The molecular weight excluding hydrogens is 420 g/mol. The van der Waals surface area contributed by atoms with Crippen LogP contribution < -0.4 is 10.6 Å². The van der Waals surface area contributed by atoms with Gasteiger partial charge in [-0.15, -0.1) is 0 Å². The van der Waals surface area contributed by atoms with Crippen LogP contribution in [0.15, 0.2) is 48.5 Å². The maximum atomic E-state index is 12.8. The molecule has 2 aromatic rings. The van der Waals surface area contributed by atoms with Crippen LogP contribution >= 0.6 is 0 Å². The van der Waals surface area contributed by atoms with Gasteiger partial charge in [-0.25, -0.2) is 4.79 Å². The lowest BCUT2D eigenvalue weighted by molar-refractivity contribution is -0.138. The highest BCUT2D eigenvalue weighted by Gasteiger charge is 2.36.